The van der Waals surface area contributed by atoms with Crippen molar-refractivity contribution >= 4 is 30.0 Å². The van der Waals surface area contributed by atoms with Crippen molar-refractivity contribution in [3.63, 3.8) is 0 Å². The zero-order chi connectivity index (χ0) is 7.28. The third-order valence-corrected chi connectivity index (χ3v) is 4.15. The fraction of sp³-hybridized carbons (Fsp3) is 0.750. The maximum absolute atomic E-state index is 10.1. The van der Waals surface area contributed by atoms with Gasteiger partial charge >= 0.3 is 63.2 Å². The van der Waals surface area contributed by atoms with E-state index in [0.29, 0.717) is 19.2 Å². The molecular weight excluding hydrogens is 205 g/mol. The SMILES string of the molecule is CS[Se]CC(N)C(=O)O. The Balaban J connectivity index is 3.27. The molecule has 9 heavy (non-hydrogen) atoms. The fourth-order valence-electron chi connectivity index (χ4n) is 0.213. The number of nitrogens with two attached hydrogens (primary N) is 1. The second kappa shape index (κ2) is 5.11. The van der Waals surface area contributed by atoms with Crippen molar-refractivity contribution in [3.05, 3.63) is 0 Å². The minimum atomic E-state index is -0.897. The van der Waals surface area contributed by atoms with Crippen LogP contribution in [-0.2, 0) is 4.79 Å². The maximum atomic E-state index is 10.1. The summed E-state index contributed by atoms with van der Waals surface area (Å²) in [6.45, 7) is 0. The molecule has 3 nitrogen and oxygen atoms in total. The first-order valence-corrected chi connectivity index (χ1v) is 6.78. The number of aliphatic carboxylic acids is 1. The molecule has 54 valence electrons. The Kier molecular flexibility index (Phi) is 5.28. The summed E-state index contributed by atoms with van der Waals surface area (Å²) in [7, 11) is 1.67. The van der Waals surface area contributed by atoms with E-state index < -0.39 is 12.0 Å². The van der Waals surface area contributed by atoms with Crippen LogP contribution >= 0.6 is 10.2 Å². The Bertz CT molecular complexity index is 101. The normalized spacial score (nSPS) is 13.1. The molecule has 3 N–H and O–H groups in total. The first-order valence-electron chi connectivity index (χ1n) is 2.32. The Labute approximate surface area is 63.6 Å². The van der Waals surface area contributed by atoms with E-state index in [9.17, 15) is 4.79 Å². The molecule has 0 aliphatic rings. The van der Waals surface area contributed by atoms with Crippen LogP contribution in [-0.4, -0.2) is 37.2 Å². The Morgan fingerprint density at radius 1 is 2.00 bits per heavy atom. The van der Waals surface area contributed by atoms with Gasteiger partial charge in [0.2, 0.25) is 0 Å². The number of carbonyl (C=O) groups is 1. The molecule has 0 fully saturated rings. The van der Waals surface area contributed by atoms with Crippen molar-refractivity contribution in [1.29, 1.82) is 0 Å². The van der Waals surface area contributed by atoms with Gasteiger partial charge < -0.3 is 0 Å². The second-order valence-electron chi connectivity index (χ2n) is 1.40. The second-order valence-corrected chi connectivity index (χ2v) is 6.25. The molecule has 0 aromatic rings. The summed E-state index contributed by atoms with van der Waals surface area (Å²) in [4.78, 5) is 10.1. The summed E-state index contributed by atoms with van der Waals surface area (Å²) in [5.74, 6) is -0.897. The first-order chi connectivity index (χ1) is 4.18. The number of hydrogen-bond acceptors (Lipinski definition) is 3. The minimum absolute atomic E-state index is 0.331. The van der Waals surface area contributed by atoms with Gasteiger partial charge in [-0.3, -0.25) is 0 Å². The van der Waals surface area contributed by atoms with E-state index in [1.54, 1.807) is 10.2 Å². The number of hydrogen-bond donors (Lipinski definition) is 2. The van der Waals surface area contributed by atoms with Crippen LogP contribution in [0, 0.1) is 0 Å². The van der Waals surface area contributed by atoms with Crippen LogP contribution in [0.25, 0.3) is 0 Å². The summed E-state index contributed by atoms with van der Waals surface area (Å²) in [5.41, 5.74) is 5.21. The summed E-state index contributed by atoms with van der Waals surface area (Å²) in [6, 6.07) is -0.655. The molecule has 0 saturated heterocycles. The van der Waals surface area contributed by atoms with Crippen LogP contribution in [0.15, 0.2) is 0 Å². The van der Waals surface area contributed by atoms with Gasteiger partial charge in [-0.15, -0.1) is 0 Å². The average Bonchev–Trinajstić information content (AvgIpc) is 1.82. The molecule has 5 heteroatoms. The molecule has 0 heterocycles. The zero-order valence-corrected chi connectivity index (χ0v) is 7.56. The third kappa shape index (κ3) is 4.78. The van der Waals surface area contributed by atoms with Crippen molar-refractivity contribution in [2.45, 2.75) is 11.4 Å². The molecule has 0 amide bonds. The standard InChI is InChI=1S/C4H9NO2SSe/c1-8-9-2-3(5)4(6)7/h3H,2,5H2,1H3,(H,6,7). The molecule has 0 saturated carbocycles. The van der Waals surface area contributed by atoms with Crippen LogP contribution in [0.5, 0.6) is 0 Å². The molecule has 0 aliphatic heterocycles. The van der Waals surface area contributed by atoms with Gasteiger partial charge in [0.25, 0.3) is 0 Å². The summed E-state index contributed by atoms with van der Waals surface area (Å²) >= 11 is 0.331. The molecule has 0 aromatic carbocycles. The van der Waals surface area contributed by atoms with Crippen molar-refractivity contribution in [3.8, 4) is 0 Å². The van der Waals surface area contributed by atoms with Gasteiger partial charge in [0.15, 0.2) is 0 Å². The molecule has 0 aromatic heterocycles. The van der Waals surface area contributed by atoms with Gasteiger partial charge in [0, 0.05) is 0 Å². The van der Waals surface area contributed by atoms with Crippen molar-refractivity contribution in [2.75, 3.05) is 6.26 Å². The predicted octanol–water partition coefficient (Wildman–Crippen LogP) is -0.201. The Morgan fingerprint density at radius 2 is 2.56 bits per heavy atom. The topological polar surface area (TPSA) is 63.3 Å². The van der Waals surface area contributed by atoms with Gasteiger partial charge in [-0.05, 0) is 0 Å². The van der Waals surface area contributed by atoms with E-state index >= 15 is 0 Å². The molecule has 0 aliphatic carbocycles. The van der Waals surface area contributed by atoms with E-state index in [-0.39, 0.29) is 0 Å². The van der Waals surface area contributed by atoms with Crippen LogP contribution in [0.4, 0.5) is 0 Å². The van der Waals surface area contributed by atoms with E-state index in [1.807, 2.05) is 6.26 Å². The van der Waals surface area contributed by atoms with Crippen molar-refractivity contribution in [1.82, 2.24) is 0 Å². The molecular formula is C4H9NO2SSe. The van der Waals surface area contributed by atoms with Crippen LogP contribution < -0.4 is 5.73 Å². The van der Waals surface area contributed by atoms with E-state index in [4.69, 9.17) is 10.8 Å². The molecule has 0 radical (unpaired) electrons. The van der Waals surface area contributed by atoms with E-state index in [2.05, 4.69) is 0 Å². The fourth-order valence-corrected chi connectivity index (χ4v) is 2.57. The zero-order valence-electron chi connectivity index (χ0n) is 5.03. The van der Waals surface area contributed by atoms with Gasteiger partial charge in [-0.1, -0.05) is 0 Å². The van der Waals surface area contributed by atoms with Gasteiger partial charge in [-0.2, -0.15) is 0 Å². The van der Waals surface area contributed by atoms with E-state index in [0.717, 1.165) is 0 Å². The Morgan fingerprint density at radius 3 is 2.89 bits per heavy atom. The average molecular weight is 214 g/mol. The summed E-state index contributed by atoms with van der Waals surface area (Å²) in [6.07, 6.45) is 1.95. The van der Waals surface area contributed by atoms with E-state index in [1.165, 1.54) is 0 Å². The summed E-state index contributed by atoms with van der Waals surface area (Å²) < 4.78 is 0. The number of rotatable bonds is 4. The molecule has 0 spiro atoms. The first kappa shape index (κ1) is 9.30. The van der Waals surface area contributed by atoms with Crippen LogP contribution in [0.2, 0.25) is 5.32 Å². The van der Waals surface area contributed by atoms with Gasteiger partial charge in [0.05, 0.1) is 0 Å². The van der Waals surface area contributed by atoms with Gasteiger partial charge in [-0.25, -0.2) is 0 Å². The summed E-state index contributed by atoms with van der Waals surface area (Å²) in [5, 5.41) is 8.90. The predicted molar refractivity (Wildman–Crippen MR) is 39.7 cm³/mol. The quantitative estimate of drug-likeness (QED) is 0.636. The van der Waals surface area contributed by atoms with Crippen molar-refractivity contribution < 1.29 is 9.90 Å². The number of carboxylic acids is 1. The molecule has 1 unspecified atom stereocenters. The number of carboxylic acid groups (broad SMARTS) is 1. The molecule has 1 atom stereocenters. The van der Waals surface area contributed by atoms with Crippen molar-refractivity contribution in [2.24, 2.45) is 5.73 Å². The third-order valence-electron chi connectivity index (χ3n) is 0.683. The molecule has 0 rings (SSSR count). The monoisotopic (exact) mass is 215 g/mol. The Hall–Kier alpha value is 0.299. The van der Waals surface area contributed by atoms with Gasteiger partial charge in [0.1, 0.15) is 0 Å². The van der Waals surface area contributed by atoms with Crippen LogP contribution in [0.3, 0.4) is 0 Å². The van der Waals surface area contributed by atoms with Crippen LogP contribution in [0.1, 0.15) is 0 Å². The molecule has 0 bridgehead atoms.